The number of urea groups is 1. The van der Waals surface area contributed by atoms with Gasteiger partial charge in [-0.15, -0.1) is 0 Å². The first-order valence-electron chi connectivity index (χ1n) is 9.85. The lowest BCUT2D eigenvalue weighted by atomic mass is 9.52. The van der Waals surface area contributed by atoms with Gasteiger partial charge in [-0.2, -0.15) is 11.3 Å². The maximum Gasteiger partial charge on any atom is 0.335 e. The summed E-state index contributed by atoms with van der Waals surface area (Å²) < 4.78 is 0. The van der Waals surface area contributed by atoms with Gasteiger partial charge < -0.3 is 0 Å². The van der Waals surface area contributed by atoms with Crippen molar-refractivity contribution in [2.24, 2.45) is 17.8 Å². The van der Waals surface area contributed by atoms with E-state index >= 15 is 0 Å². The van der Waals surface area contributed by atoms with Gasteiger partial charge in [0, 0.05) is 6.54 Å². The summed E-state index contributed by atoms with van der Waals surface area (Å²) in [6, 6.07) is 1.63. The molecule has 4 aliphatic carbocycles. The normalized spacial score (nSPS) is 35.2. The molecule has 1 saturated heterocycles. The highest BCUT2D eigenvalue weighted by Gasteiger charge is 2.61. The fourth-order valence-electron chi connectivity index (χ4n) is 6.37. The summed E-state index contributed by atoms with van der Waals surface area (Å²) in [5, 5.41) is 4.06. The van der Waals surface area contributed by atoms with Crippen molar-refractivity contribution in [2.75, 3.05) is 13.7 Å². The van der Waals surface area contributed by atoms with Crippen molar-refractivity contribution in [3.05, 3.63) is 22.4 Å². The molecule has 2 heterocycles. The van der Waals surface area contributed by atoms with E-state index in [1.54, 1.807) is 11.3 Å². The Bertz CT molecular complexity index is 755. The van der Waals surface area contributed by atoms with Crippen molar-refractivity contribution in [2.45, 2.75) is 50.6 Å². The number of carbonyl (C=O) groups is 3. The number of nitrogens with zero attached hydrogens (tertiary/aromatic N) is 3. The smallest absolute Gasteiger partial charge is 0.284 e. The monoisotopic (exact) mass is 387 g/mol. The van der Waals surface area contributed by atoms with Crippen LogP contribution in [0.25, 0.3) is 0 Å². The summed E-state index contributed by atoms with van der Waals surface area (Å²) in [5.74, 6) is 0.575. The molecule has 0 spiro atoms. The van der Waals surface area contributed by atoms with E-state index in [-0.39, 0.29) is 6.67 Å². The zero-order valence-electron chi connectivity index (χ0n) is 15.6. The van der Waals surface area contributed by atoms with Crippen molar-refractivity contribution in [3.8, 4) is 0 Å². The summed E-state index contributed by atoms with van der Waals surface area (Å²) in [6.45, 7) is 0.800. The molecule has 0 radical (unpaired) electrons. The van der Waals surface area contributed by atoms with Crippen molar-refractivity contribution in [1.29, 1.82) is 0 Å². The molecule has 4 amide bonds. The minimum Gasteiger partial charge on any atom is -0.284 e. The van der Waals surface area contributed by atoms with Crippen LogP contribution in [0.4, 0.5) is 4.79 Å². The molecule has 4 bridgehead atoms. The van der Waals surface area contributed by atoms with E-state index in [9.17, 15) is 14.4 Å². The lowest BCUT2D eigenvalue weighted by Gasteiger charge is -2.58. The number of hydrogen-bond acceptors (Lipinski definition) is 5. The second-order valence-corrected chi connectivity index (χ2v) is 9.87. The molecule has 144 valence electrons. The fourth-order valence-corrected chi connectivity index (χ4v) is 7.03. The van der Waals surface area contributed by atoms with Gasteiger partial charge in [0.05, 0.1) is 12.2 Å². The van der Waals surface area contributed by atoms with Crippen LogP contribution < -0.4 is 0 Å². The fraction of sp³-hybridized carbons (Fsp3) is 0.650. The van der Waals surface area contributed by atoms with E-state index in [2.05, 4.69) is 5.38 Å². The third-order valence-electron chi connectivity index (χ3n) is 6.95. The van der Waals surface area contributed by atoms with Crippen LogP contribution in [0.2, 0.25) is 0 Å². The lowest BCUT2D eigenvalue weighted by Crippen LogP contribution is -2.62. The molecular formula is C20H25N3O3S. The SMILES string of the molecule is CN(Cc1ccsc1)CN1C(=O)C(=O)N(C23CC4CC(CC(C4)C2)C3)C1=O. The van der Waals surface area contributed by atoms with Crippen LogP contribution in [0, 0.1) is 17.8 Å². The van der Waals surface area contributed by atoms with Gasteiger partial charge in [0.15, 0.2) is 0 Å². The highest BCUT2D eigenvalue weighted by atomic mass is 32.1. The first-order valence-corrected chi connectivity index (χ1v) is 10.8. The van der Waals surface area contributed by atoms with Gasteiger partial charge in [0.2, 0.25) is 0 Å². The Morgan fingerprint density at radius 1 is 1.07 bits per heavy atom. The highest BCUT2D eigenvalue weighted by molar-refractivity contribution is 7.07. The van der Waals surface area contributed by atoms with E-state index in [1.807, 2.05) is 23.4 Å². The van der Waals surface area contributed by atoms with Gasteiger partial charge in [-0.25, -0.2) is 14.6 Å². The number of amides is 4. The van der Waals surface area contributed by atoms with E-state index in [1.165, 1.54) is 24.2 Å². The Kier molecular flexibility index (Phi) is 3.95. The first-order chi connectivity index (χ1) is 12.9. The molecule has 1 aromatic heterocycles. The minimum atomic E-state index is -0.659. The predicted molar refractivity (Wildman–Crippen MR) is 101 cm³/mol. The van der Waals surface area contributed by atoms with Crippen LogP contribution in [0.1, 0.15) is 44.1 Å². The molecule has 0 N–H and O–H groups in total. The van der Waals surface area contributed by atoms with E-state index in [4.69, 9.17) is 0 Å². The topological polar surface area (TPSA) is 60.9 Å². The van der Waals surface area contributed by atoms with Gasteiger partial charge in [0.1, 0.15) is 0 Å². The number of hydrogen-bond donors (Lipinski definition) is 0. The molecule has 0 unspecified atom stereocenters. The quantitative estimate of drug-likeness (QED) is 0.576. The summed E-state index contributed by atoms with van der Waals surface area (Å²) in [5.41, 5.74) is 0.741. The standard InChI is InChI=1S/C20H25N3O3S/c1-21(10-13-2-3-27-11-13)12-22-17(24)18(25)23(19(22)26)20-7-14-4-15(8-20)6-16(5-14)9-20/h2-3,11,14-16H,4-10,12H2,1H3. The molecule has 0 atom stereocenters. The maximum absolute atomic E-state index is 13.2. The molecule has 0 aromatic carbocycles. The second-order valence-electron chi connectivity index (χ2n) is 9.09. The zero-order chi connectivity index (χ0) is 18.8. The van der Waals surface area contributed by atoms with Crippen molar-refractivity contribution in [3.63, 3.8) is 0 Å². The third-order valence-corrected chi connectivity index (χ3v) is 7.68. The molecule has 6 rings (SSSR count). The Morgan fingerprint density at radius 2 is 1.70 bits per heavy atom. The van der Waals surface area contributed by atoms with Crippen LogP contribution in [0.3, 0.4) is 0 Å². The second kappa shape index (κ2) is 6.14. The van der Waals surface area contributed by atoms with E-state index < -0.39 is 23.4 Å². The lowest BCUT2D eigenvalue weighted by molar-refractivity contribution is -0.150. The molecule has 6 nitrogen and oxygen atoms in total. The summed E-state index contributed by atoms with van der Waals surface area (Å²) in [7, 11) is 1.87. The van der Waals surface area contributed by atoms with Gasteiger partial charge in [-0.05, 0) is 85.7 Å². The number of rotatable bonds is 5. The molecule has 7 heteroatoms. The third kappa shape index (κ3) is 2.74. The van der Waals surface area contributed by atoms with Crippen LogP contribution >= 0.6 is 11.3 Å². The van der Waals surface area contributed by atoms with Crippen LogP contribution in [0.5, 0.6) is 0 Å². The summed E-state index contributed by atoms with van der Waals surface area (Å²) in [4.78, 5) is 43.1. The zero-order valence-corrected chi connectivity index (χ0v) is 16.4. The van der Waals surface area contributed by atoms with Crippen LogP contribution in [-0.4, -0.2) is 51.8 Å². The summed E-state index contributed by atoms with van der Waals surface area (Å²) >= 11 is 1.62. The molecular weight excluding hydrogens is 362 g/mol. The van der Waals surface area contributed by atoms with Crippen LogP contribution in [0.15, 0.2) is 16.8 Å². The molecule has 4 saturated carbocycles. The molecule has 5 fully saturated rings. The number of thiophene rings is 1. The van der Waals surface area contributed by atoms with Crippen molar-refractivity contribution in [1.82, 2.24) is 14.7 Å². The first kappa shape index (κ1) is 17.4. The number of imide groups is 2. The Balaban J connectivity index is 1.35. The van der Waals surface area contributed by atoms with E-state index in [0.29, 0.717) is 24.3 Å². The highest BCUT2D eigenvalue weighted by Crippen LogP contribution is 2.58. The van der Waals surface area contributed by atoms with E-state index in [0.717, 1.165) is 29.7 Å². The Hall–Kier alpha value is -1.73. The molecule has 1 aliphatic heterocycles. The maximum atomic E-state index is 13.2. The average molecular weight is 388 g/mol. The van der Waals surface area contributed by atoms with Gasteiger partial charge in [-0.3, -0.25) is 14.5 Å². The number of carbonyl (C=O) groups excluding carboxylic acids is 3. The predicted octanol–water partition coefficient (Wildman–Crippen LogP) is 2.90. The van der Waals surface area contributed by atoms with Crippen molar-refractivity contribution >= 4 is 29.2 Å². The Labute approximate surface area is 163 Å². The largest absolute Gasteiger partial charge is 0.335 e. The average Bonchev–Trinajstić information content (AvgIpc) is 3.16. The van der Waals surface area contributed by atoms with Crippen molar-refractivity contribution < 1.29 is 14.4 Å². The minimum absolute atomic E-state index is 0.155. The van der Waals surface area contributed by atoms with Crippen LogP contribution in [-0.2, 0) is 16.1 Å². The molecule has 1 aromatic rings. The molecule has 27 heavy (non-hydrogen) atoms. The van der Waals surface area contributed by atoms with Gasteiger partial charge >= 0.3 is 17.8 Å². The van der Waals surface area contributed by atoms with Gasteiger partial charge in [0.25, 0.3) is 0 Å². The van der Waals surface area contributed by atoms with Gasteiger partial charge in [-0.1, -0.05) is 0 Å². The Morgan fingerprint density at radius 3 is 2.26 bits per heavy atom. The summed E-state index contributed by atoms with van der Waals surface area (Å²) in [6.07, 6.45) is 6.37. The molecule has 5 aliphatic rings.